The predicted molar refractivity (Wildman–Crippen MR) is 107 cm³/mol. The van der Waals surface area contributed by atoms with Gasteiger partial charge in [-0.05, 0) is 53.1 Å². The molecular weight excluding hydrogens is 354 g/mol. The summed E-state index contributed by atoms with van der Waals surface area (Å²) in [5.41, 5.74) is 3.78. The van der Waals surface area contributed by atoms with Gasteiger partial charge in [0.25, 0.3) is 11.7 Å². The molecule has 3 aromatic carbocycles. The van der Waals surface area contributed by atoms with Crippen LogP contribution in [0.5, 0.6) is 11.5 Å². The van der Waals surface area contributed by atoms with E-state index in [1.165, 1.54) is 4.90 Å². The zero-order valence-corrected chi connectivity index (χ0v) is 15.6. The van der Waals surface area contributed by atoms with Crippen LogP contribution in [0.1, 0.15) is 15.9 Å². The molecule has 0 atom stereocenters. The van der Waals surface area contributed by atoms with Crippen molar-refractivity contribution in [2.24, 2.45) is 0 Å². The number of hydrogen-bond acceptors (Lipinski definition) is 4. The van der Waals surface area contributed by atoms with E-state index in [4.69, 9.17) is 9.47 Å². The number of methoxy groups -OCH3 is 2. The minimum Gasteiger partial charge on any atom is -0.497 e. The Bertz CT molecular complexity index is 1060. The van der Waals surface area contributed by atoms with Gasteiger partial charge in [-0.2, -0.15) is 0 Å². The highest BCUT2D eigenvalue weighted by Gasteiger charge is 2.35. The average Bonchev–Trinajstić information content (AvgIpc) is 2.98. The number of carbonyl (C=O) groups excluding carboxylic acids is 2. The molecule has 0 N–H and O–H groups in total. The molecule has 0 unspecified atom stereocenters. The van der Waals surface area contributed by atoms with Crippen LogP contribution < -0.4 is 14.4 Å². The molecule has 5 heteroatoms. The molecular formula is C23H19NO4. The van der Waals surface area contributed by atoms with Gasteiger partial charge in [0, 0.05) is 0 Å². The lowest BCUT2D eigenvalue weighted by Crippen LogP contribution is -2.29. The quantitative estimate of drug-likeness (QED) is 0.632. The molecule has 0 fully saturated rings. The van der Waals surface area contributed by atoms with E-state index in [-0.39, 0.29) is 0 Å². The van der Waals surface area contributed by atoms with E-state index in [0.717, 1.165) is 28.2 Å². The first-order chi connectivity index (χ1) is 13.6. The van der Waals surface area contributed by atoms with Gasteiger partial charge in [-0.15, -0.1) is 0 Å². The third-order valence-electron chi connectivity index (χ3n) is 4.87. The van der Waals surface area contributed by atoms with Gasteiger partial charge in [0.15, 0.2) is 0 Å². The summed E-state index contributed by atoms with van der Waals surface area (Å²) in [6, 6.07) is 20.6. The normalized spacial score (nSPS) is 12.9. The maximum atomic E-state index is 12.6. The van der Waals surface area contributed by atoms with Gasteiger partial charge in [-0.3, -0.25) is 9.59 Å². The summed E-state index contributed by atoms with van der Waals surface area (Å²) in [4.78, 5) is 26.7. The van der Waals surface area contributed by atoms with Crippen molar-refractivity contribution in [3.8, 4) is 22.6 Å². The van der Waals surface area contributed by atoms with Crippen molar-refractivity contribution in [2.75, 3.05) is 19.1 Å². The standard InChI is InChI=1S/C23H19NO4/c1-27-18-9-6-15(7-10-18)14-24-21-11-8-17(13-20(21)22(25)23(24)26)16-4-3-5-19(12-16)28-2/h3-13H,14H2,1-2H3. The molecule has 3 aromatic rings. The lowest BCUT2D eigenvalue weighted by molar-refractivity contribution is -0.114. The molecule has 1 heterocycles. The maximum Gasteiger partial charge on any atom is 0.299 e. The van der Waals surface area contributed by atoms with Crippen molar-refractivity contribution in [1.29, 1.82) is 0 Å². The molecule has 0 aliphatic carbocycles. The third kappa shape index (κ3) is 3.11. The Morgan fingerprint density at radius 2 is 1.50 bits per heavy atom. The number of carbonyl (C=O) groups is 2. The van der Waals surface area contributed by atoms with Crippen molar-refractivity contribution in [3.05, 3.63) is 77.9 Å². The summed E-state index contributed by atoms with van der Waals surface area (Å²) in [5.74, 6) is 0.499. The molecule has 5 nitrogen and oxygen atoms in total. The molecule has 0 bridgehead atoms. The van der Waals surface area contributed by atoms with Crippen molar-refractivity contribution < 1.29 is 19.1 Å². The Balaban J connectivity index is 1.67. The van der Waals surface area contributed by atoms with Crippen molar-refractivity contribution in [3.63, 3.8) is 0 Å². The molecule has 0 saturated carbocycles. The minimum atomic E-state index is -0.506. The number of amides is 1. The number of ketones is 1. The largest absolute Gasteiger partial charge is 0.497 e. The molecule has 0 spiro atoms. The number of ether oxygens (including phenoxy) is 2. The van der Waals surface area contributed by atoms with Crippen LogP contribution in [0.15, 0.2) is 66.7 Å². The van der Waals surface area contributed by atoms with Gasteiger partial charge < -0.3 is 14.4 Å². The van der Waals surface area contributed by atoms with E-state index in [1.54, 1.807) is 20.3 Å². The molecule has 0 saturated heterocycles. The molecule has 4 rings (SSSR count). The predicted octanol–water partition coefficient (Wildman–Crippen LogP) is 4.10. The molecule has 28 heavy (non-hydrogen) atoms. The zero-order valence-electron chi connectivity index (χ0n) is 15.6. The maximum absolute atomic E-state index is 12.6. The summed E-state index contributed by atoms with van der Waals surface area (Å²) in [5, 5.41) is 0. The molecule has 0 radical (unpaired) electrons. The van der Waals surface area contributed by atoms with Gasteiger partial charge >= 0.3 is 0 Å². The van der Waals surface area contributed by atoms with E-state index in [0.29, 0.717) is 17.8 Å². The monoisotopic (exact) mass is 373 g/mol. The Kier molecular flexibility index (Phi) is 4.57. The number of benzene rings is 3. The Morgan fingerprint density at radius 1 is 0.786 bits per heavy atom. The highest BCUT2D eigenvalue weighted by molar-refractivity contribution is 6.52. The van der Waals surface area contributed by atoms with Gasteiger partial charge in [0.2, 0.25) is 0 Å². The summed E-state index contributed by atoms with van der Waals surface area (Å²) < 4.78 is 10.4. The summed E-state index contributed by atoms with van der Waals surface area (Å²) in [6.07, 6.45) is 0. The summed E-state index contributed by atoms with van der Waals surface area (Å²) >= 11 is 0. The van der Waals surface area contributed by atoms with E-state index < -0.39 is 11.7 Å². The first kappa shape index (κ1) is 17.8. The van der Waals surface area contributed by atoms with Crippen LogP contribution in [0, 0.1) is 0 Å². The SMILES string of the molecule is COc1ccc(CN2C(=O)C(=O)c3cc(-c4cccc(OC)c4)ccc32)cc1. The molecule has 1 aliphatic heterocycles. The number of fused-ring (bicyclic) bond motifs is 1. The van der Waals surface area contributed by atoms with E-state index in [2.05, 4.69) is 0 Å². The lowest BCUT2D eigenvalue weighted by atomic mass is 10.0. The second-order valence-electron chi connectivity index (χ2n) is 6.53. The van der Waals surface area contributed by atoms with Gasteiger partial charge in [0.1, 0.15) is 11.5 Å². The van der Waals surface area contributed by atoms with Crippen LogP contribution >= 0.6 is 0 Å². The Morgan fingerprint density at radius 3 is 2.21 bits per heavy atom. The second-order valence-corrected chi connectivity index (χ2v) is 6.53. The lowest BCUT2D eigenvalue weighted by Gasteiger charge is -2.17. The first-order valence-corrected chi connectivity index (χ1v) is 8.88. The van der Waals surface area contributed by atoms with Crippen molar-refractivity contribution in [2.45, 2.75) is 6.54 Å². The minimum absolute atomic E-state index is 0.333. The fourth-order valence-corrected chi connectivity index (χ4v) is 3.35. The molecule has 1 aliphatic rings. The molecule has 1 amide bonds. The van der Waals surface area contributed by atoms with Crippen LogP contribution in [-0.2, 0) is 11.3 Å². The van der Waals surface area contributed by atoms with Gasteiger partial charge in [-0.25, -0.2) is 0 Å². The van der Waals surface area contributed by atoms with Gasteiger partial charge in [-0.1, -0.05) is 30.3 Å². The van der Waals surface area contributed by atoms with Crippen LogP contribution in [0.4, 0.5) is 5.69 Å². The van der Waals surface area contributed by atoms with Gasteiger partial charge in [0.05, 0.1) is 32.0 Å². The van der Waals surface area contributed by atoms with Crippen LogP contribution in [0.2, 0.25) is 0 Å². The van der Waals surface area contributed by atoms with E-state index in [1.807, 2.05) is 60.7 Å². The number of anilines is 1. The zero-order chi connectivity index (χ0) is 19.7. The summed E-state index contributed by atoms with van der Waals surface area (Å²) in [6.45, 7) is 0.333. The number of rotatable bonds is 5. The topological polar surface area (TPSA) is 55.8 Å². The van der Waals surface area contributed by atoms with E-state index in [9.17, 15) is 9.59 Å². The smallest absolute Gasteiger partial charge is 0.299 e. The average molecular weight is 373 g/mol. The third-order valence-corrected chi connectivity index (χ3v) is 4.87. The second kappa shape index (κ2) is 7.19. The molecule has 0 aromatic heterocycles. The van der Waals surface area contributed by atoms with Crippen LogP contribution in [-0.4, -0.2) is 25.9 Å². The Hall–Kier alpha value is -3.60. The molecule has 140 valence electrons. The number of nitrogens with zero attached hydrogens (tertiary/aromatic N) is 1. The Labute approximate surface area is 163 Å². The highest BCUT2D eigenvalue weighted by atomic mass is 16.5. The highest BCUT2D eigenvalue weighted by Crippen LogP contribution is 2.35. The fourth-order valence-electron chi connectivity index (χ4n) is 3.35. The van der Waals surface area contributed by atoms with Crippen molar-refractivity contribution in [1.82, 2.24) is 0 Å². The van der Waals surface area contributed by atoms with E-state index >= 15 is 0 Å². The van der Waals surface area contributed by atoms with Crippen LogP contribution in [0.25, 0.3) is 11.1 Å². The summed E-state index contributed by atoms with van der Waals surface area (Å²) in [7, 11) is 3.22. The number of hydrogen-bond donors (Lipinski definition) is 0. The first-order valence-electron chi connectivity index (χ1n) is 8.88. The number of Topliss-reactive ketones (excluding diaryl/α,β-unsaturated/α-hetero) is 1. The fraction of sp³-hybridized carbons (Fsp3) is 0.130. The van der Waals surface area contributed by atoms with Crippen LogP contribution in [0.3, 0.4) is 0 Å². The van der Waals surface area contributed by atoms with Crippen molar-refractivity contribution >= 4 is 17.4 Å².